The van der Waals surface area contributed by atoms with E-state index in [9.17, 15) is 8.42 Å². The molecule has 0 radical (unpaired) electrons. The fourth-order valence-corrected chi connectivity index (χ4v) is 3.02. The van der Waals surface area contributed by atoms with E-state index in [4.69, 9.17) is 30.7 Å². The quantitative estimate of drug-likeness (QED) is 0.231. The van der Waals surface area contributed by atoms with Crippen LogP contribution in [-0.4, -0.2) is 29.4 Å². The number of benzene rings is 2. The highest BCUT2D eigenvalue weighted by atomic mass is 35.5. The van der Waals surface area contributed by atoms with Crippen LogP contribution < -0.4 is 16.6 Å². The Labute approximate surface area is 220 Å². The largest absolute Gasteiger partial charge is 0.443 e. The highest BCUT2D eigenvalue weighted by Gasteiger charge is 2.20. The van der Waals surface area contributed by atoms with Crippen LogP contribution in [0.15, 0.2) is 76.9 Å². The number of primary sulfonamides is 1. The van der Waals surface area contributed by atoms with Gasteiger partial charge in [0.2, 0.25) is 10.0 Å². The van der Waals surface area contributed by atoms with Gasteiger partial charge >= 0.3 is 0 Å². The summed E-state index contributed by atoms with van der Waals surface area (Å²) in [7, 11) is -3.87. The van der Waals surface area contributed by atoms with Gasteiger partial charge in [-0.05, 0) is 37.3 Å². The van der Waals surface area contributed by atoms with Gasteiger partial charge in [0, 0.05) is 16.1 Å². The highest BCUT2D eigenvalue weighted by molar-refractivity contribution is 7.96. The first-order valence-electron chi connectivity index (χ1n) is 8.70. The van der Waals surface area contributed by atoms with Gasteiger partial charge in [0.25, 0.3) is 10.5 Å². The zero-order chi connectivity index (χ0) is 25.6. The number of rotatable bonds is 3. The molecule has 3 rings (SSSR count). The van der Waals surface area contributed by atoms with E-state index in [2.05, 4.69) is 48.3 Å². The number of nitrogens with zero attached hydrogens (tertiary/aromatic N) is 1. The lowest BCUT2D eigenvalue weighted by atomic mass is 10.1. The maximum Gasteiger partial charge on any atom is 0.273 e. The number of sulfonamides is 1. The Balaban J connectivity index is -0.000000673. The number of hydrogen-bond donors (Lipinski definition) is 5. The average molecular weight is 565 g/mol. The number of primary amides is 2. The van der Waals surface area contributed by atoms with Crippen molar-refractivity contribution in [2.75, 3.05) is 0 Å². The molecule has 2 amide bonds. The normalized spacial score (nSPS) is 9.06. The topological polar surface area (TPSA) is 204 Å². The maximum absolute atomic E-state index is 11.7. The van der Waals surface area contributed by atoms with Gasteiger partial charge in [0.15, 0.2) is 12.2 Å². The maximum atomic E-state index is 11.7. The Morgan fingerprint density at radius 3 is 1.91 bits per heavy atom. The Kier molecular flexibility index (Phi) is 19.4. The predicted octanol–water partition coefficient (Wildman–Crippen LogP) is 4.30. The first-order valence-corrected chi connectivity index (χ1v) is 11.5. The van der Waals surface area contributed by atoms with Crippen molar-refractivity contribution in [1.82, 2.24) is 4.98 Å². The van der Waals surface area contributed by atoms with Crippen LogP contribution in [0, 0.1) is 0 Å². The molecular weight excluding hydrogens is 536 g/mol. The molecule has 0 saturated heterocycles. The van der Waals surface area contributed by atoms with Gasteiger partial charge in [-0.1, -0.05) is 68.6 Å². The molecule has 0 aliphatic rings. The van der Waals surface area contributed by atoms with Crippen molar-refractivity contribution in [1.29, 1.82) is 0 Å². The molecule has 1 aromatic heterocycles. The number of hydrogen-bond acceptors (Lipinski definition) is 6. The van der Waals surface area contributed by atoms with Gasteiger partial charge in [0.1, 0.15) is 5.69 Å². The molecule has 3 aromatic rings. The summed E-state index contributed by atoms with van der Waals surface area (Å²) in [5.41, 5.74) is 10.2. The summed E-state index contributed by atoms with van der Waals surface area (Å²) in [6, 6.07) is 13.4. The van der Waals surface area contributed by atoms with Crippen molar-refractivity contribution in [3.05, 3.63) is 72.6 Å². The molecule has 0 bridgehead atoms. The number of thiol groups is 2. The first kappa shape index (κ1) is 36.8. The Morgan fingerprint density at radius 1 is 1.06 bits per heavy atom. The minimum Gasteiger partial charge on any atom is -0.443 e. The summed E-state index contributed by atoms with van der Waals surface area (Å²) in [5, 5.41) is 4.58. The molecule has 10 nitrogen and oxygen atoms in total. The summed E-state index contributed by atoms with van der Waals surface area (Å²) in [6.45, 7) is 5.25. The van der Waals surface area contributed by atoms with E-state index < -0.39 is 20.5 Å². The lowest BCUT2D eigenvalue weighted by Gasteiger charge is -2.07. The molecule has 0 saturated carbocycles. The van der Waals surface area contributed by atoms with E-state index in [1.54, 1.807) is 48.5 Å². The number of aromatic nitrogens is 1. The molecule has 0 aliphatic carbocycles. The van der Waals surface area contributed by atoms with Crippen LogP contribution in [0.4, 0.5) is 9.59 Å². The molecule has 35 heavy (non-hydrogen) atoms. The van der Waals surface area contributed by atoms with Crippen LogP contribution in [0.3, 0.4) is 0 Å². The summed E-state index contributed by atoms with van der Waals surface area (Å²) in [4.78, 5) is 22.3. The molecule has 2 aromatic carbocycles. The van der Waals surface area contributed by atoms with Crippen LogP contribution in [0.5, 0.6) is 0 Å². The number of allylic oxidation sites excluding steroid dienone is 1. The standard InChI is InChI=1S/C15H11ClN2O3S.C3H6.2CH3NOS.CH4.H2O/c16-11-7-5-10(6-8-11)15-14(18-9-21-15)12-3-1-2-4-13(12)22(17,19)20;1-3-2;2*2-1(3)4;;/h1-9H,(H2,17,19,20);3H,1H2,2H3;2*(H3,2,3,4);1H4;1H2. The first-order chi connectivity index (χ1) is 15.3. The third-order valence-corrected chi connectivity index (χ3v) is 4.34. The van der Waals surface area contributed by atoms with Crippen LogP contribution in [-0.2, 0) is 10.0 Å². The number of halogens is 1. The van der Waals surface area contributed by atoms with E-state index in [-0.39, 0.29) is 17.8 Å². The summed E-state index contributed by atoms with van der Waals surface area (Å²) in [6.07, 6.45) is 3.01. The SMILES string of the molecule is C.C=CC.NC(=O)S.NC(=O)S.NS(=O)(=O)c1ccccc1-c1ncoc1-c1ccc(Cl)cc1.O. The smallest absolute Gasteiger partial charge is 0.273 e. The van der Waals surface area contributed by atoms with Crippen LogP contribution in [0.25, 0.3) is 22.6 Å². The minimum atomic E-state index is -3.87. The minimum absolute atomic E-state index is 0. The Bertz CT molecular complexity index is 1150. The van der Waals surface area contributed by atoms with Crippen molar-refractivity contribution in [3.63, 3.8) is 0 Å². The second-order valence-electron chi connectivity index (χ2n) is 5.66. The Hall–Kier alpha value is -2.81. The van der Waals surface area contributed by atoms with Gasteiger partial charge < -0.3 is 21.4 Å². The third kappa shape index (κ3) is 14.9. The predicted molar refractivity (Wildman–Crippen MR) is 147 cm³/mol. The molecule has 194 valence electrons. The molecule has 0 atom stereocenters. The fraction of sp³-hybridized carbons (Fsp3) is 0.0952. The van der Waals surface area contributed by atoms with E-state index in [0.29, 0.717) is 22.0 Å². The van der Waals surface area contributed by atoms with Gasteiger partial charge in [-0.25, -0.2) is 18.5 Å². The van der Waals surface area contributed by atoms with Crippen molar-refractivity contribution < 1.29 is 27.9 Å². The second-order valence-corrected chi connectivity index (χ2v) is 8.51. The van der Waals surface area contributed by atoms with E-state index in [0.717, 1.165) is 5.56 Å². The number of carbonyl (C=O) groups is 2. The molecule has 0 fully saturated rings. The Morgan fingerprint density at radius 2 is 1.49 bits per heavy atom. The zero-order valence-corrected chi connectivity index (χ0v) is 21.2. The molecule has 1 heterocycles. The summed E-state index contributed by atoms with van der Waals surface area (Å²) in [5.74, 6) is 0.452. The molecule has 0 spiro atoms. The van der Waals surface area contributed by atoms with Crippen LogP contribution in [0.1, 0.15) is 14.4 Å². The van der Waals surface area contributed by atoms with Gasteiger partial charge in [-0.2, -0.15) is 0 Å². The third-order valence-electron chi connectivity index (χ3n) is 3.12. The molecular formula is C21H29ClN4O6S3. The summed E-state index contributed by atoms with van der Waals surface area (Å²) < 4.78 is 28.9. The molecule has 0 unspecified atom stereocenters. The molecule has 14 heteroatoms. The van der Waals surface area contributed by atoms with Crippen molar-refractivity contribution in [2.45, 2.75) is 19.2 Å². The van der Waals surface area contributed by atoms with E-state index >= 15 is 0 Å². The second kappa shape index (κ2) is 18.5. The number of nitrogens with two attached hydrogens (primary N) is 3. The molecule has 8 N–H and O–H groups in total. The van der Waals surface area contributed by atoms with Crippen molar-refractivity contribution >= 4 is 57.4 Å². The van der Waals surface area contributed by atoms with Gasteiger partial charge in [-0.3, -0.25) is 9.59 Å². The monoisotopic (exact) mass is 564 g/mol. The van der Waals surface area contributed by atoms with Gasteiger partial charge in [0.05, 0.1) is 4.90 Å². The zero-order valence-electron chi connectivity index (χ0n) is 17.9. The number of carbonyl (C=O) groups excluding carboxylic acids is 2. The van der Waals surface area contributed by atoms with Crippen LogP contribution in [0.2, 0.25) is 5.02 Å². The number of amides is 2. The van der Waals surface area contributed by atoms with Gasteiger partial charge in [-0.15, -0.1) is 6.58 Å². The fourth-order valence-electron chi connectivity index (χ4n) is 2.15. The number of oxazole rings is 1. The lowest BCUT2D eigenvalue weighted by Crippen LogP contribution is -2.13. The highest BCUT2D eigenvalue weighted by Crippen LogP contribution is 2.34. The van der Waals surface area contributed by atoms with Crippen molar-refractivity contribution in [2.24, 2.45) is 16.6 Å². The molecule has 0 aliphatic heterocycles. The van der Waals surface area contributed by atoms with E-state index in [1.807, 2.05) is 6.92 Å². The van der Waals surface area contributed by atoms with Crippen LogP contribution >= 0.6 is 36.9 Å². The van der Waals surface area contributed by atoms with Crippen molar-refractivity contribution in [3.8, 4) is 22.6 Å². The van der Waals surface area contributed by atoms with E-state index in [1.165, 1.54) is 12.5 Å². The lowest BCUT2D eigenvalue weighted by molar-refractivity contribution is 0.266. The average Bonchev–Trinajstić information content (AvgIpc) is 3.17. The summed E-state index contributed by atoms with van der Waals surface area (Å²) >= 11 is 12.1.